The Kier molecular flexibility index (Phi) is 5.89. The van der Waals surface area contributed by atoms with Crippen molar-refractivity contribution in [1.82, 2.24) is 14.9 Å². The van der Waals surface area contributed by atoms with E-state index in [9.17, 15) is 4.79 Å². The number of nitrogens with one attached hydrogen (secondary N) is 1. The van der Waals surface area contributed by atoms with Gasteiger partial charge in [-0.3, -0.25) is 4.79 Å². The Labute approximate surface area is 154 Å². The lowest BCUT2D eigenvalue weighted by Gasteiger charge is -2.10. The monoisotopic (exact) mass is 351 g/mol. The molecule has 5 nitrogen and oxygen atoms in total. The first-order valence-corrected chi connectivity index (χ1v) is 9.09. The van der Waals surface area contributed by atoms with E-state index in [0.717, 1.165) is 36.2 Å². The Hall–Kier alpha value is -2.82. The van der Waals surface area contributed by atoms with Gasteiger partial charge < -0.3 is 14.6 Å². The lowest BCUT2D eigenvalue weighted by atomic mass is 10.2. The number of unbranched alkanes of at least 4 members (excludes halogenated alkanes) is 1. The van der Waals surface area contributed by atoms with Crippen LogP contribution < -0.4 is 10.1 Å². The molecule has 3 rings (SSSR count). The summed E-state index contributed by atoms with van der Waals surface area (Å²) in [4.78, 5) is 17.1. The predicted molar refractivity (Wildman–Crippen MR) is 104 cm³/mol. The summed E-state index contributed by atoms with van der Waals surface area (Å²) in [7, 11) is 1.60. The van der Waals surface area contributed by atoms with Gasteiger partial charge in [0.25, 0.3) is 5.91 Å². The molecule has 0 fully saturated rings. The number of hydrogen-bond donors (Lipinski definition) is 1. The van der Waals surface area contributed by atoms with Crippen molar-refractivity contribution in [1.29, 1.82) is 0 Å². The van der Waals surface area contributed by atoms with Crippen molar-refractivity contribution in [3.05, 3.63) is 59.9 Å². The minimum absolute atomic E-state index is 0.0971. The van der Waals surface area contributed by atoms with Gasteiger partial charge in [0.1, 0.15) is 11.6 Å². The summed E-state index contributed by atoms with van der Waals surface area (Å²) >= 11 is 0. The number of aromatic nitrogens is 2. The van der Waals surface area contributed by atoms with Gasteiger partial charge in [-0.2, -0.15) is 0 Å². The molecule has 1 heterocycles. The molecule has 0 saturated heterocycles. The fourth-order valence-electron chi connectivity index (χ4n) is 3.04. The van der Waals surface area contributed by atoms with E-state index in [-0.39, 0.29) is 5.91 Å². The second kappa shape index (κ2) is 8.52. The Morgan fingerprint density at radius 2 is 2.04 bits per heavy atom. The van der Waals surface area contributed by atoms with E-state index in [1.165, 1.54) is 0 Å². The number of rotatable bonds is 8. The van der Waals surface area contributed by atoms with Crippen molar-refractivity contribution < 1.29 is 9.53 Å². The summed E-state index contributed by atoms with van der Waals surface area (Å²) in [5.74, 6) is 1.60. The van der Waals surface area contributed by atoms with Crippen LogP contribution in [-0.2, 0) is 13.0 Å². The van der Waals surface area contributed by atoms with Crippen molar-refractivity contribution in [2.75, 3.05) is 13.7 Å². The third-order valence-corrected chi connectivity index (χ3v) is 4.43. The van der Waals surface area contributed by atoms with Gasteiger partial charge in [0.2, 0.25) is 0 Å². The summed E-state index contributed by atoms with van der Waals surface area (Å²) in [6.45, 7) is 3.69. The number of methoxy groups -OCH3 is 1. The van der Waals surface area contributed by atoms with Crippen molar-refractivity contribution in [3.8, 4) is 5.75 Å². The lowest BCUT2D eigenvalue weighted by Crippen LogP contribution is -2.26. The van der Waals surface area contributed by atoms with Gasteiger partial charge >= 0.3 is 0 Å². The maximum atomic E-state index is 12.3. The molecule has 0 aliphatic rings. The molecule has 3 aromatic rings. The molecule has 1 N–H and O–H groups in total. The zero-order valence-electron chi connectivity index (χ0n) is 15.4. The van der Waals surface area contributed by atoms with Gasteiger partial charge in [0.05, 0.1) is 18.1 Å². The number of para-hydroxylation sites is 2. The molecule has 0 aliphatic heterocycles. The number of ether oxygens (including phenoxy) is 1. The van der Waals surface area contributed by atoms with E-state index >= 15 is 0 Å². The second-order valence-electron chi connectivity index (χ2n) is 6.26. The third-order valence-electron chi connectivity index (χ3n) is 4.43. The molecule has 26 heavy (non-hydrogen) atoms. The molecule has 1 amide bonds. The van der Waals surface area contributed by atoms with E-state index < -0.39 is 0 Å². The van der Waals surface area contributed by atoms with Crippen LogP contribution in [0, 0.1) is 0 Å². The van der Waals surface area contributed by atoms with E-state index in [1.807, 2.05) is 30.3 Å². The normalized spacial score (nSPS) is 10.8. The van der Waals surface area contributed by atoms with Gasteiger partial charge in [0, 0.05) is 25.1 Å². The summed E-state index contributed by atoms with van der Waals surface area (Å²) in [6.07, 6.45) is 2.95. The number of benzene rings is 2. The molecule has 0 bridgehead atoms. The fourth-order valence-corrected chi connectivity index (χ4v) is 3.04. The highest BCUT2D eigenvalue weighted by Gasteiger charge is 2.11. The summed E-state index contributed by atoms with van der Waals surface area (Å²) in [6, 6.07) is 15.4. The Bertz CT molecular complexity index is 886. The van der Waals surface area contributed by atoms with Gasteiger partial charge in [-0.05, 0) is 36.8 Å². The maximum Gasteiger partial charge on any atom is 0.251 e. The molecule has 1 aromatic heterocycles. The first-order chi connectivity index (χ1) is 12.7. The number of carbonyl (C=O) groups is 1. The molecular formula is C21H25N3O2. The number of imidazole rings is 1. The minimum Gasteiger partial charge on any atom is -0.497 e. The van der Waals surface area contributed by atoms with Crippen LogP contribution in [0.15, 0.2) is 48.5 Å². The molecule has 0 radical (unpaired) electrons. The molecule has 0 atom stereocenters. The zero-order chi connectivity index (χ0) is 18.4. The summed E-state index contributed by atoms with van der Waals surface area (Å²) < 4.78 is 7.45. The van der Waals surface area contributed by atoms with E-state index in [2.05, 4.69) is 22.9 Å². The van der Waals surface area contributed by atoms with Crippen molar-refractivity contribution in [2.45, 2.75) is 32.7 Å². The highest BCUT2D eigenvalue weighted by molar-refractivity contribution is 5.94. The minimum atomic E-state index is -0.0971. The zero-order valence-corrected chi connectivity index (χ0v) is 15.4. The van der Waals surface area contributed by atoms with Crippen LogP contribution in [-0.4, -0.2) is 29.1 Å². The first-order valence-electron chi connectivity index (χ1n) is 9.09. The molecule has 5 heteroatoms. The van der Waals surface area contributed by atoms with Crippen LogP contribution >= 0.6 is 0 Å². The molecule has 136 valence electrons. The SMILES string of the molecule is CCCCn1c(CCNC(=O)c2cccc(OC)c2)nc2ccccc21. The molecule has 2 aromatic carbocycles. The van der Waals surface area contributed by atoms with Crippen LogP contribution in [0.3, 0.4) is 0 Å². The standard InChI is InChI=1S/C21H25N3O2/c1-3-4-14-24-19-11-6-5-10-18(19)23-20(24)12-13-22-21(25)16-8-7-9-17(15-16)26-2/h5-11,15H,3-4,12-14H2,1-2H3,(H,22,25). The van der Waals surface area contributed by atoms with Gasteiger partial charge in [0.15, 0.2) is 0 Å². The van der Waals surface area contributed by atoms with Crippen LogP contribution in [0.2, 0.25) is 0 Å². The van der Waals surface area contributed by atoms with Crippen LogP contribution in [0.1, 0.15) is 35.9 Å². The Balaban J connectivity index is 1.68. The largest absolute Gasteiger partial charge is 0.497 e. The summed E-state index contributed by atoms with van der Waals surface area (Å²) in [5, 5.41) is 2.98. The molecular weight excluding hydrogens is 326 g/mol. The van der Waals surface area contributed by atoms with Crippen molar-refractivity contribution in [2.24, 2.45) is 0 Å². The molecule has 0 unspecified atom stereocenters. The topological polar surface area (TPSA) is 56.2 Å². The average molecular weight is 351 g/mol. The third kappa shape index (κ3) is 4.04. The second-order valence-corrected chi connectivity index (χ2v) is 6.26. The average Bonchev–Trinajstić information content (AvgIpc) is 3.03. The highest BCUT2D eigenvalue weighted by atomic mass is 16.5. The Morgan fingerprint density at radius 1 is 1.19 bits per heavy atom. The van der Waals surface area contributed by atoms with Crippen molar-refractivity contribution >= 4 is 16.9 Å². The number of amides is 1. The van der Waals surface area contributed by atoms with Crippen LogP contribution in [0.5, 0.6) is 5.75 Å². The van der Waals surface area contributed by atoms with Gasteiger partial charge in [-0.1, -0.05) is 31.5 Å². The van der Waals surface area contributed by atoms with Crippen LogP contribution in [0.25, 0.3) is 11.0 Å². The van der Waals surface area contributed by atoms with Gasteiger partial charge in [-0.15, -0.1) is 0 Å². The lowest BCUT2D eigenvalue weighted by molar-refractivity contribution is 0.0953. The number of nitrogens with zero attached hydrogens (tertiary/aromatic N) is 2. The maximum absolute atomic E-state index is 12.3. The van der Waals surface area contributed by atoms with Gasteiger partial charge in [-0.25, -0.2) is 4.98 Å². The summed E-state index contributed by atoms with van der Waals surface area (Å²) in [5.41, 5.74) is 2.77. The van der Waals surface area contributed by atoms with Crippen LogP contribution in [0.4, 0.5) is 0 Å². The predicted octanol–water partition coefficient (Wildman–Crippen LogP) is 3.82. The smallest absolute Gasteiger partial charge is 0.251 e. The molecule has 0 aliphatic carbocycles. The van der Waals surface area contributed by atoms with E-state index in [1.54, 1.807) is 19.2 Å². The molecule has 0 saturated carbocycles. The number of carbonyl (C=O) groups excluding carboxylic acids is 1. The molecule has 0 spiro atoms. The van der Waals surface area contributed by atoms with E-state index in [0.29, 0.717) is 24.3 Å². The quantitative estimate of drug-likeness (QED) is 0.671. The Morgan fingerprint density at radius 3 is 2.85 bits per heavy atom. The van der Waals surface area contributed by atoms with E-state index in [4.69, 9.17) is 9.72 Å². The fraction of sp³-hybridized carbons (Fsp3) is 0.333. The highest BCUT2D eigenvalue weighted by Crippen LogP contribution is 2.17. The number of hydrogen-bond acceptors (Lipinski definition) is 3. The number of fused-ring (bicyclic) bond motifs is 1. The van der Waals surface area contributed by atoms with Crippen molar-refractivity contribution in [3.63, 3.8) is 0 Å². The number of aryl methyl sites for hydroxylation is 1. The first kappa shape index (κ1) is 18.0.